The van der Waals surface area contributed by atoms with Crippen LogP contribution in [0.3, 0.4) is 0 Å². The zero-order valence-electron chi connectivity index (χ0n) is 11.3. The molecule has 0 saturated heterocycles. The van der Waals surface area contributed by atoms with Gasteiger partial charge in [-0.3, -0.25) is 4.98 Å². The molecule has 22 heavy (non-hydrogen) atoms. The molecule has 2 heterocycles. The summed E-state index contributed by atoms with van der Waals surface area (Å²) in [6.07, 6.45) is 3.30. The Morgan fingerprint density at radius 3 is 2.68 bits per heavy atom. The lowest BCUT2D eigenvalue weighted by Gasteiger charge is -1.97. The van der Waals surface area contributed by atoms with Crippen LogP contribution in [-0.2, 0) is 16.6 Å². The molecule has 0 fully saturated rings. The molecule has 0 spiro atoms. The Labute approximate surface area is 128 Å². The van der Waals surface area contributed by atoms with Crippen LogP contribution in [0, 0.1) is 11.3 Å². The van der Waals surface area contributed by atoms with Crippen LogP contribution in [-0.4, -0.2) is 19.4 Å². The first-order valence-electron chi connectivity index (χ1n) is 6.37. The van der Waals surface area contributed by atoms with Gasteiger partial charge in [-0.2, -0.15) is 5.26 Å². The first-order chi connectivity index (χ1) is 10.8. The normalized spacial score (nSPS) is 11.8. The SMILES string of the molecule is N#Cc1ccc(-c2nnc(S(=O)Cc3cccnc3)o2)cc1. The van der Waals surface area contributed by atoms with Gasteiger partial charge in [0.25, 0.3) is 0 Å². The lowest BCUT2D eigenvalue weighted by Crippen LogP contribution is -1.97. The van der Waals surface area contributed by atoms with Gasteiger partial charge in [-0.25, -0.2) is 4.21 Å². The number of pyridine rings is 1. The molecular formula is C15H10N4O2S. The van der Waals surface area contributed by atoms with E-state index >= 15 is 0 Å². The van der Waals surface area contributed by atoms with Gasteiger partial charge < -0.3 is 4.42 Å². The number of hydrogen-bond acceptors (Lipinski definition) is 6. The molecule has 0 radical (unpaired) electrons. The van der Waals surface area contributed by atoms with E-state index in [9.17, 15) is 4.21 Å². The predicted molar refractivity (Wildman–Crippen MR) is 78.8 cm³/mol. The fourth-order valence-electron chi connectivity index (χ4n) is 1.80. The summed E-state index contributed by atoms with van der Waals surface area (Å²) in [6.45, 7) is 0. The molecular weight excluding hydrogens is 300 g/mol. The van der Waals surface area contributed by atoms with Gasteiger partial charge in [-0.15, -0.1) is 5.10 Å². The first kappa shape index (κ1) is 14.1. The van der Waals surface area contributed by atoms with Crippen LogP contribution in [0.1, 0.15) is 11.1 Å². The van der Waals surface area contributed by atoms with Crippen molar-refractivity contribution in [2.45, 2.75) is 11.0 Å². The quantitative estimate of drug-likeness (QED) is 0.734. The molecule has 6 nitrogen and oxygen atoms in total. The van der Waals surface area contributed by atoms with Gasteiger partial charge in [0.15, 0.2) is 0 Å². The summed E-state index contributed by atoms with van der Waals surface area (Å²) < 4.78 is 17.7. The van der Waals surface area contributed by atoms with Crippen LogP contribution >= 0.6 is 0 Å². The van der Waals surface area contributed by atoms with E-state index in [4.69, 9.17) is 9.68 Å². The van der Waals surface area contributed by atoms with Crippen LogP contribution < -0.4 is 0 Å². The minimum absolute atomic E-state index is 0.0724. The van der Waals surface area contributed by atoms with Crippen molar-refractivity contribution in [2.75, 3.05) is 0 Å². The van der Waals surface area contributed by atoms with Crippen molar-refractivity contribution in [3.63, 3.8) is 0 Å². The fraction of sp³-hybridized carbons (Fsp3) is 0.0667. The molecule has 0 N–H and O–H groups in total. The molecule has 0 aliphatic rings. The van der Waals surface area contributed by atoms with E-state index in [1.807, 2.05) is 12.1 Å². The zero-order chi connectivity index (χ0) is 15.4. The van der Waals surface area contributed by atoms with E-state index in [1.54, 1.807) is 42.7 Å². The molecule has 0 saturated carbocycles. The van der Waals surface area contributed by atoms with Crippen molar-refractivity contribution >= 4 is 10.8 Å². The van der Waals surface area contributed by atoms with Crippen LogP contribution in [0.4, 0.5) is 0 Å². The highest BCUT2D eigenvalue weighted by atomic mass is 32.2. The zero-order valence-corrected chi connectivity index (χ0v) is 12.2. The molecule has 0 bridgehead atoms. The number of hydrogen-bond donors (Lipinski definition) is 0. The van der Waals surface area contributed by atoms with Gasteiger partial charge >= 0.3 is 5.22 Å². The topological polar surface area (TPSA) is 92.7 Å². The lowest BCUT2D eigenvalue weighted by atomic mass is 10.1. The van der Waals surface area contributed by atoms with Crippen molar-refractivity contribution in [1.29, 1.82) is 5.26 Å². The van der Waals surface area contributed by atoms with E-state index in [0.717, 1.165) is 5.56 Å². The Morgan fingerprint density at radius 1 is 1.18 bits per heavy atom. The highest BCUT2D eigenvalue weighted by Crippen LogP contribution is 2.20. The number of nitrogens with zero attached hydrogens (tertiary/aromatic N) is 4. The molecule has 108 valence electrons. The summed E-state index contributed by atoms with van der Waals surface area (Å²) in [6, 6.07) is 12.4. The molecule has 1 aromatic carbocycles. The van der Waals surface area contributed by atoms with Gasteiger partial charge in [-0.05, 0) is 35.9 Å². The lowest BCUT2D eigenvalue weighted by molar-refractivity contribution is 0.455. The van der Waals surface area contributed by atoms with E-state index in [1.165, 1.54) is 0 Å². The van der Waals surface area contributed by atoms with Gasteiger partial charge in [0.1, 0.15) is 10.8 Å². The fourth-order valence-corrected chi connectivity index (χ4v) is 2.70. The van der Waals surface area contributed by atoms with E-state index in [-0.39, 0.29) is 16.9 Å². The Morgan fingerprint density at radius 2 is 2.00 bits per heavy atom. The Hall–Kier alpha value is -2.85. The second kappa shape index (κ2) is 6.28. The van der Waals surface area contributed by atoms with Crippen LogP contribution in [0.5, 0.6) is 0 Å². The average Bonchev–Trinajstić information content (AvgIpc) is 3.06. The molecule has 1 atom stereocenters. The second-order valence-corrected chi connectivity index (χ2v) is 5.74. The Balaban J connectivity index is 1.78. The van der Waals surface area contributed by atoms with E-state index < -0.39 is 10.8 Å². The molecule has 3 rings (SSSR count). The van der Waals surface area contributed by atoms with Gasteiger partial charge in [-0.1, -0.05) is 11.2 Å². The summed E-state index contributed by atoms with van der Waals surface area (Å²) in [5.74, 6) is 0.544. The third-order valence-electron chi connectivity index (χ3n) is 2.88. The molecule has 1 unspecified atom stereocenters. The monoisotopic (exact) mass is 310 g/mol. The molecule has 0 amide bonds. The van der Waals surface area contributed by atoms with E-state index in [0.29, 0.717) is 11.1 Å². The Bertz CT molecular complexity index is 838. The third-order valence-corrected chi connectivity index (χ3v) is 4.03. The number of benzene rings is 1. The maximum Gasteiger partial charge on any atom is 0.308 e. The molecule has 7 heteroatoms. The first-order valence-corrected chi connectivity index (χ1v) is 7.69. The highest BCUT2D eigenvalue weighted by molar-refractivity contribution is 7.84. The maximum atomic E-state index is 12.2. The summed E-state index contributed by atoms with van der Waals surface area (Å²) >= 11 is 0. The molecule has 3 aromatic rings. The highest BCUT2D eigenvalue weighted by Gasteiger charge is 2.15. The summed E-state index contributed by atoms with van der Waals surface area (Å²) in [4.78, 5) is 3.97. The van der Waals surface area contributed by atoms with Crippen molar-refractivity contribution < 1.29 is 8.63 Å². The molecule has 2 aromatic heterocycles. The van der Waals surface area contributed by atoms with Crippen molar-refractivity contribution in [3.05, 3.63) is 59.9 Å². The standard InChI is InChI=1S/C15H10N4O2S/c16-8-11-3-5-13(6-4-11)14-18-19-15(21-14)22(20)10-12-2-1-7-17-9-12/h1-7,9H,10H2. The third kappa shape index (κ3) is 3.07. The summed E-state index contributed by atoms with van der Waals surface area (Å²) in [5.41, 5.74) is 2.05. The number of aromatic nitrogens is 3. The van der Waals surface area contributed by atoms with Crippen molar-refractivity contribution in [1.82, 2.24) is 15.2 Å². The van der Waals surface area contributed by atoms with Crippen molar-refractivity contribution in [2.24, 2.45) is 0 Å². The molecule has 0 aliphatic heterocycles. The maximum absolute atomic E-state index is 12.2. The summed E-state index contributed by atoms with van der Waals surface area (Å²) in [5, 5.41) is 16.6. The Kier molecular flexibility index (Phi) is 4.03. The van der Waals surface area contributed by atoms with Crippen LogP contribution in [0.15, 0.2) is 58.4 Å². The van der Waals surface area contributed by atoms with Crippen LogP contribution in [0.2, 0.25) is 0 Å². The number of rotatable bonds is 4. The molecule has 0 aliphatic carbocycles. The van der Waals surface area contributed by atoms with E-state index in [2.05, 4.69) is 15.2 Å². The summed E-state index contributed by atoms with van der Waals surface area (Å²) in [7, 11) is -1.43. The largest absolute Gasteiger partial charge is 0.410 e. The van der Waals surface area contributed by atoms with Crippen LogP contribution in [0.25, 0.3) is 11.5 Å². The second-order valence-electron chi connectivity index (χ2n) is 4.41. The minimum Gasteiger partial charge on any atom is -0.410 e. The van der Waals surface area contributed by atoms with Gasteiger partial charge in [0, 0.05) is 18.0 Å². The average molecular weight is 310 g/mol. The van der Waals surface area contributed by atoms with Gasteiger partial charge in [0.2, 0.25) is 5.89 Å². The van der Waals surface area contributed by atoms with Crippen molar-refractivity contribution in [3.8, 4) is 17.5 Å². The predicted octanol–water partition coefficient (Wildman–Crippen LogP) is 2.31. The smallest absolute Gasteiger partial charge is 0.308 e. The minimum atomic E-state index is -1.43. The number of nitriles is 1. The van der Waals surface area contributed by atoms with Gasteiger partial charge in [0.05, 0.1) is 17.4 Å².